The summed E-state index contributed by atoms with van der Waals surface area (Å²) in [5, 5.41) is 10.4. The lowest BCUT2D eigenvalue weighted by Crippen LogP contribution is -2.03. The van der Waals surface area contributed by atoms with Crippen LogP contribution in [0.3, 0.4) is 0 Å². The summed E-state index contributed by atoms with van der Waals surface area (Å²) >= 11 is 6.02. The minimum absolute atomic E-state index is 0.160. The number of rotatable bonds is 3. The monoisotopic (exact) mass is 237 g/mol. The van der Waals surface area contributed by atoms with Crippen LogP contribution in [0.15, 0.2) is 18.2 Å². The van der Waals surface area contributed by atoms with Crippen LogP contribution in [0.2, 0.25) is 5.15 Å². The van der Waals surface area contributed by atoms with E-state index in [0.717, 1.165) is 11.9 Å². The SMILES string of the molecule is NCCCc1nc(Cl)c2cc(O)ccc2n1. The van der Waals surface area contributed by atoms with Gasteiger partial charge in [0, 0.05) is 11.8 Å². The Bertz CT molecular complexity index is 516. The summed E-state index contributed by atoms with van der Waals surface area (Å²) in [5.74, 6) is 0.848. The molecule has 0 radical (unpaired) electrons. The van der Waals surface area contributed by atoms with E-state index in [9.17, 15) is 5.11 Å². The molecule has 0 saturated carbocycles. The summed E-state index contributed by atoms with van der Waals surface area (Å²) in [6.45, 7) is 0.606. The molecule has 0 bridgehead atoms. The molecule has 3 N–H and O–H groups in total. The molecule has 84 valence electrons. The molecule has 0 aliphatic carbocycles. The van der Waals surface area contributed by atoms with Crippen molar-refractivity contribution in [2.24, 2.45) is 5.73 Å². The van der Waals surface area contributed by atoms with Gasteiger partial charge in [-0.15, -0.1) is 0 Å². The number of nitrogens with two attached hydrogens (primary N) is 1. The van der Waals surface area contributed by atoms with Crippen LogP contribution in [0.25, 0.3) is 10.9 Å². The van der Waals surface area contributed by atoms with Crippen LogP contribution in [0.5, 0.6) is 5.75 Å². The fraction of sp³-hybridized carbons (Fsp3) is 0.273. The normalized spacial score (nSPS) is 10.9. The van der Waals surface area contributed by atoms with E-state index in [0.29, 0.717) is 29.3 Å². The Labute approximate surface area is 98.1 Å². The Balaban J connectivity index is 2.46. The maximum Gasteiger partial charge on any atom is 0.140 e. The molecule has 16 heavy (non-hydrogen) atoms. The summed E-state index contributed by atoms with van der Waals surface area (Å²) in [6.07, 6.45) is 1.55. The van der Waals surface area contributed by atoms with E-state index in [-0.39, 0.29) is 5.75 Å². The Morgan fingerprint density at radius 2 is 2.12 bits per heavy atom. The maximum atomic E-state index is 9.33. The molecule has 0 unspecified atom stereocenters. The summed E-state index contributed by atoms with van der Waals surface area (Å²) < 4.78 is 0. The zero-order valence-corrected chi connectivity index (χ0v) is 9.41. The number of aryl methyl sites for hydroxylation is 1. The van der Waals surface area contributed by atoms with E-state index in [4.69, 9.17) is 17.3 Å². The van der Waals surface area contributed by atoms with Gasteiger partial charge in [0.05, 0.1) is 5.52 Å². The molecule has 1 aromatic heterocycles. The van der Waals surface area contributed by atoms with E-state index in [1.165, 1.54) is 0 Å². The summed E-state index contributed by atoms with van der Waals surface area (Å²) in [5.41, 5.74) is 6.17. The number of hydrogen-bond acceptors (Lipinski definition) is 4. The molecule has 4 nitrogen and oxygen atoms in total. The molecule has 0 amide bonds. The quantitative estimate of drug-likeness (QED) is 0.800. The second-order valence-corrected chi connectivity index (χ2v) is 3.88. The zero-order valence-electron chi connectivity index (χ0n) is 8.65. The Morgan fingerprint density at radius 1 is 1.31 bits per heavy atom. The van der Waals surface area contributed by atoms with Gasteiger partial charge >= 0.3 is 0 Å². The van der Waals surface area contributed by atoms with Gasteiger partial charge in [0.25, 0.3) is 0 Å². The summed E-state index contributed by atoms with van der Waals surface area (Å²) in [6, 6.07) is 4.87. The van der Waals surface area contributed by atoms with E-state index < -0.39 is 0 Å². The van der Waals surface area contributed by atoms with Crippen molar-refractivity contribution in [1.82, 2.24) is 9.97 Å². The second kappa shape index (κ2) is 4.63. The van der Waals surface area contributed by atoms with E-state index in [1.54, 1.807) is 18.2 Å². The molecular weight excluding hydrogens is 226 g/mol. The number of aromatic hydroxyl groups is 1. The Morgan fingerprint density at radius 3 is 2.88 bits per heavy atom. The first-order valence-electron chi connectivity index (χ1n) is 5.06. The number of aromatic nitrogens is 2. The predicted molar refractivity (Wildman–Crippen MR) is 63.6 cm³/mol. The highest BCUT2D eigenvalue weighted by molar-refractivity contribution is 6.34. The number of benzene rings is 1. The van der Waals surface area contributed by atoms with Gasteiger partial charge in [0.1, 0.15) is 16.7 Å². The number of halogens is 1. The van der Waals surface area contributed by atoms with Gasteiger partial charge in [-0.1, -0.05) is 11.6 Å². The molecule has 2 aromatic rings. The van der Waals surface area contributed by atoms with Gasteiger partial charge < -0.3 is 10.8 Å². The molecule has 0 aliphatic heterocycles. The molecule has 2 rings (SSSR count). The molecule has 1 heterocycles. The van der Waals surface area contributed by atoms with Gasteiger partial charge in [-0.05, 0) is 31.2 Å². The first-order chi connectivity index (χ1) is 7.70. The van der Waals surface area contributed by atoms with Gasteiger partial charge in [0.2, 0.25) is 0 Å². The van der Waals surface area contributed by atoms with Gasteiger partial charge in [0.15, 0.2) is 0 Å². The van der Waals surface area contributed by atoms with Crippen LogP contribution in [0.1, 0.15) is 12.2 Å². The third kappa shape index (κ3) is 2.23. The first-order valence-corrected chi connectivity index (χ1v) is 5.43. The van der Waals surface area contributed by atoms with Crippen molar-refractivity contribution in [2.45, 2.75) is 12.8 Å². The lowest BCUT2D eigenvalue weighted by molar-refractivity contribution is 0.476. The lowest BCUT2D eigenvalue weighted by atomic mass is 10.2. The molecule has 0 saturated heterocycles. The topological polar surface area (TPSA) is 72.0 Å². The molecular formula is C11H12ClN3O. The van der Waals surface area contributed by atoms with Crippen molar-refractivity contribution >= 4 is 22.5 Å². The van der Waals surface area contributed by atoms with Crippen LogP contribution in [0, 0.1) is 0 Å². The smallest absolute Gasteiger partial charge is 0.140 e. The minimum Gasteiger partial charge on any atom is -0.508 e. The summed E-state index contributed by atoms with van der Waals surface area (Å²) in [7, 11) is 0. The Hall–Kier alpha value is -1.39. The van der Waals surface area contributed by atoms with Crippen LogP contribution in [-0.4, -0.2) is 21.6 Å². The van der Waals surface area contributed by atoms with Crippen molar-refractivity contribution in [2.75, 3.05) is 6.54 Å². The number of phenols is 1. The van der Waals surface area contributed by atoms with Crippen molar-refractivity contribution in [3.63, 3.8) is 0 Å². The first kappa shape index (κ1) is 11.1. The fourth-order valence-electron chi connectivity index (χ4n) is 1.50. The van der Waals surface area contributed by atoms with Crippen molar-refractivity contribution in [3.05, 3.63) is 29.2 Å². The van der Waals surface area contributed by atoms with Gasteiger partial charge in [-0.3, -0.25) is 0 Å². The molecule has 0 fully saturated rings. The van der Waals surface area contributed by atoms with E-state index >= 15 is 0 Å². The third-order valence-electron chi connectivity index (χ3n) is 2.28. The second-order valence-electron chi connectivity index (χ2n) is 3.52. The number of phenolic OH excluding ortho intramolecular Hbond substituents is 1. The predicted octanol–water partition coefficient (Wildman–Crippen LogP) is 1.88. The van der Waals surface area contributed by atoms with Crippen LogP contribution < -0.4 is 5.73 Å². The summed E-state index contributed by atoms with van der Waals surface area (Å²) in [4.78, 5) is 8.52. The van der Waals surface area contributed by atoms with Crippen molar-refractivity contribution in [1.29, 1.82) is 0 Å². The zero-order chi connectivity index (χ0) is 11.5. The highest BCUT2D eigenvalue weighted by Gasteiger charge is 2.06. The number of hydrogen-bond donors (Lipinski definition) is 2. The van der Waals surface area contributed by atoms with Crippen molar-refractivity contribution < 1.29 is 5.11 Å². The number of fused-ring (bicyclic) bond motifs is 1. The van der Waals surface area contributed by atoms with Crippen LogP contribution >= 0.6 is 11.6 Å². The van der Waals surface area contributed by atoms with E-state index in [2.05, 4.69) is 9.97 Å². The average Bonchev–Trinajstić information content (AvgIpc) is 2.27. The van der Waals surface area contributed by atoms with Crippen LogP contribution in [0.4, 0.5) is 0 Å². The Kier molecular flexibility index (Phi) is 3.22. The van der Waals surface area contributed by atoms with Crippen LogP contribution in [-0.2, 0) is 6.42 Å². The number of nitrogens with zero attached hydrogens (tertiary/aromatic N) is 2. The molecule has 5 heteroatoms. The highest BCUT2D eigenvalue weighted by atomic mass is 35.5. The van der Waals surface area contributed by atoms with E-state index in [1.807, 2.05) is 0 Å². The van der Waals surface area contributed by atoms with Crippen molar-refractivity contribution in [3.8, 4) is 5.75 Å². The third-order valence-corrected chi connectivity index (χ3v) is 2.57. The molecule has 1 aromatic carbocycles. The highest BCUT2D eigenvalue weighted by Crippen LogP contribution is 2.24. The average molecular weight is 238 g/mol. The minimum atomic E-state index is 0.160. The van der Waals surface area contributed by atoms with Gasteiger partial charge in [-0.25, -0.2) is 9.97 Å². The maximum absolute atomic E-state index is 9.33. The molecule has 0 aliphatic rings. The standard InChI is InChI=1S/C11H12ClN3O/c12-11-8-6-7(16)3-4-9(8)14-10(15-11)2-1-5-13/h3-4,6,16H,1-2,5,13H2. The van der Waals surface area contributed by atoms with Gasteiger partial charge in [-0.2, -0.15) is 0 Å². The largest absolute Gasteiger partial charge is 0.508 e. The molecule has 0 atom stereocenters. The fourth-order valence-corrected chi connectivity index (χ4v) is 1.75. The lowest BCUT2D eigenvalue weighted by Gasteiger charge is -2.04. The molecule has 0 spiro atoms.